The molecule has 0 unspecified atom stereocenters. The van der Waals surface area contributed by atoms with Crippen LogP contribution in [0, 0.1) is 11.3 Å². The number of nitriles is 1. The molecule has 0 aliphatic carbocycles. The molecule has 1 aliphatic rings. The zero-order valence-corrected chi connectivity index (χ0v) is 15.6. The van der Waals surface area contributed by atoms with Gasteiger partial charge in [0.1, 0.15) is 11.6 Å². The van der Waals surface area contributed by atoms with Crippen molar-refractivity contribution in [3.8, 4) is 17.6 Å². The molecular formula is C20H27N3O3. The van der Waals surface area contributed by atoms with Crippen LogP contribution in [0.5, 0.6) is 11.5 Å². The Hall–Kier alpha value is -2.68. The van der Waals surface area contributed by atoms with E-state index in [9.17, 15) is 10.1 Å². The quantitative estimate of drug-likeness (QED) is 0.513. The van der Waals surface area contributed by atoms with Crippen molar-refractivity contribution in [3.05, 3.63) is 35.5 Å². The molecule has 6 heteroatoms. The van der Waals surface area contributed by atoms with Gasteiger partial charge in [0, 0.05) is 25.8 Å². The number of fused-ring (bicyclic) bond motifs is 1. The van der Waals surface area contributed by atoms with Crippen LogP contribution in [0.2, 0.25) is 0 Å². The van der Waals surface area contributed by atoms with Crippen molar-refractivity contribution in [3.63, 3.8) is 0 Å². The lowest BCUT2D eigenvalue weighted by Crippen LogP contribution is -2.27. The smallest absolute Gasteiger partial charge is 0.263 e. The van der Waals surface area contributed by atoms with Crippen LogP contribution >= 0.6 is 0 Å². The first kappa shape index (κ1) is 19.6. The van der Waals surface area contributed by atoms with Gasteiger partial charge in [-0.3, -0.25) is 4.79 Å². The van der Waals surface area contributed by atoms with Gasteiger partial charge in [0.05, 0.1) is 0 Å². The van der Waals surface area contributed by atoms with Crippen molar-refractivity contribution in [2.24, 2.45) is 0 Å². The van der Waals surface area contributed by atoms with Gasteiger partial charge in [0.25, 0.3) is 5.91 Å². The molecule has 6 nitrogen and oxygen atoms in total. The van der Waals surface area contributed by atoms with Gasteiger partial charge in [-0.05, 0) is 30.5 Å². The summed E-state index contributed by atoms with van der Waals surface area (Å²) in [5.74, 6) is 1.03. The fourth-order valence-electron chi connectivity index (χ4n) is 2.61. The molecule has 1 aromatic rings. The SMILES string of the molecule is CCCCN(/C=C(/C#N)C(=O)NCc1ccc2c(c1)OCO2)CCCC. The number of carbonyl (C=O) groups is 1. The summed E-state index contributed by atoms with van der Waals surface area (Å²) in [6.45, 7) is 6.53. The monoisotopic (exact) mass is 357 g/mol. The highest BCUT2D eigenvalue weighted by atomic mass is 16.7. The number of ether oxygens (including phenoxy) is 2. The molecule has 0 fully saturated rings. The standard InChI is InChI=1S/C20H27N3O3/c1-3-5-9-23(10-6-4-2)14-17(12-21)20(24)22-13-16-7-8-18-19(11-16)26-15-25-18/h7-8,11,14H,3-6,9-10,13,15H2,1-2H3,(H,22,24)/b17-14-. The minimum atomic E-state index is -0.358. The number of rotatable bonds is 10. The van der Waals surface area contributed by atoms with Crippen LogP contribution in [-0.4, -0.2) is 30.7 Å². The Labute approximate surface area is 155 Å². The summed E-state index contributed by atoms with van der Waals surface area (Å²) in [5, 5.41) is 12.2. The largest absolute Gasteiger partial charge is 0.454 e. The number of benzene rings is 1. The molecule has 0 spiro atoms. The molecular weight excluding hydrogens is 330 g/mol. The number of hydrogen-bond donors (Lipinski definition) is 1. The second-order valence-corrected chi connectivity index (χ2v) is 6.27. The van der Waals surface area contributed by atoms with Crippen molar-refractivity contribution < 1.29 is 14.3 Å². The molecule has 1 aromatic carbocycles. The van der Waals surface area contributed by atoms with Crippen LogP contribution in [-0.2, 0) is 11.3 Å². The van der Waals surface area contributed by atoms with E-state index in [1.54, 1.807) is 6.20 Å². The molecule has 0 atom stereocenters. The number of carbonyl (C=O) groups excluding carboxylic acids is 1. The number of amides is 1. The van der Waals surface area contributed by atoms with Crippen molar-refractivity contribution in [2.45, 2.75) is 46.1 Å². The van der Waals surface area contributed by atoms with E-state index in [-0.39, 0.29) is 18.3 Å². The molecule has 0 bridgehead atoms. The van der Waals surface area contributed by atoms with Gasteiger partial charge >= 0.3 is 0 Å². The Balaban J connectivity index is 1.96. The fraction of sp³-hybridized carbons (Fsp3) is 0.500. The molecule has 0 saturated heterocycles. The van der Waals surface area contributed by atoms with E-state index in [0.29, 0.717) is 18.0 Å². The van der Waals surface area contributed by atoms with Gasteiger partial charge in [-0.1, -0.05) is 32.8 Å². The van der Waals surface area contributed by atoms with E-state index in [2.05, 4.69) is 24.1 Å². The van der Waals surface area contributed by atoms with Crippen molar-refractivity contribution in [1.82, 2.24) is 10.2 Å². The van der Waals surface area contributed by atoms with Crippen molar-refractivity contribution in [1.29, 1.82) is 5.26 Å². The maximum absolute atomic E-state index is 12.4. The van der Waals surface area contributed by atoms with E-state index < -0.39 is 0 Å². The van der Waals surface area contributed by atoms with E-state index in [0.717, 1.165) is 44.3 Å². The minimum Gasteiger partial charge on any atom is -0.454 e. The van der Waals surface area contributed by atoms with Crippen LogP contribution in [0.25, 0.3) is 0 Å². The summed E-state index contributed by atoms with van der Waals surface area (Å²) < 4.78 is 10.6. The maximum atomic E-state index is 12.4. The van der Waals surface area contributed by atoms with E-state index >= 15 is 0 Å². The second kappa shape index (κ2) is 10.3. The van der Waals surface area contributed by atoms with Gasteiger partial charge in [0.15, 0.2) is 11.5 Å². The van der Waals surface area contributed by atoms with Crippen LogP contribution in [0.3, 0.4) is 0 Å². The fourth-order valence-corrected chi connectivity index (χ4v) is 2.61. The summed E-state index contributed by atoms with van der Waals surface area (Å²) in [5.41, 5.74) is 1.03. The summed E-state index contributed by atoms with van der Waals surface area (Å²) in [7, 11) is 0. The van der Waals surface area contributed by atoms with Gasteiger partial charge in [-0.15, -0.1) is 0 Å². The van der Waals surface area contributed by atoms with E-state index in [1.807, 2.05) is 24.3 Å². The Kier molecular flexibility index (Phi) is 7.81. The molecule has 0 saturated carbocycles. The van der Waals surface area contributed by atoms with Crippen LogP contribution in [0.1, 0.15) is 45.1 Å². The average Bonchev–Trinajstić information content (AvgIpc) is 3.13. The van der Waals surface area contributed by atoms with Gasteiger partial charge in [-0.25, -0.2) is 0 Å². The highest BCUT2D eigenvalue weighted by Crippen LogP contribution is 2.32. The molecule has 140 valence electrons. The number of unbranched alkanes of at least 4 members (excludes halogenated alkanes) is 2. The molecule has 1 amide bonds. The Morgan fingerprint density at radius 3 is 2.58 bits per heavy atom. The molecule has 1 heterocycles. The lowest BCUT2D eigenvalue weighted by Gasteiger charge is -2.20. The predicted octanol–water partition coefficient (Wildman–Crippen LogP) is 3.34. The lowest BCUT2D eigenvalue weighted by molar-refractivity contribution is -0.117. The Morgan fingerprint density at radius 1 is 1.23 bits per heavy atom. The third-order valence-electron chi connectivity index (χ3n) is 4.16. The first-order valence-electron chi connectivity index (χ1n) is 9.20. The van der Waals surface area contributed by atoms with Gasteiger partial charge in [-0.2, -0.15) is 5.26 Å². The maximum Gasteiger partial charge on any atom is 0.263 e. The lowest BCUT2D eigenvalue weighted by atomic mass is 10.2. The summed E-state index contributed by atoms with van der Waals surface area (Å²) in [6, 6.07) is 7.56. The topological polar surface area (TPSA) is 74.6 Å². The highest BCUT2D eigenvalue weighted by molar-refractivity contribution is 5.97. The first-order chi connectivity index (χ1) is 12.7. The molecule has 2 rings (SSSR count). The molecule has 26 heavy (non-hydrogen) atoms. The molecule has 0 radical (unpaired) electrons. The van der Waals surface area contributed by atoms with Crippen molar-refractivity contribution in [2.75, 3.05) is 19.9 Å². The van der Waals surface area contributed by atoms with Crippen LogP contribution in [0.4, 0.5) is 0 Å². The normalized spacial score (nSPS) is 12.6. The highest BCUT2D eigenvalue weighted by Gasteiger charge is 2.15. The van der Waals surface area contributed by atoms with Gasteiger partial charge in [0.2, 0.25) is 6.79 Å². The third kappa shape index (κ3) is 5.69. The van der Waals surface area contributed by atoms with Gasteiger partial charge < -0.3 is 19.7 Å². The summed E-state index contributed by atoms with van der Waals surface area (Å²) >= 11 is 0. The minimum absolute atomic E-state index is 0.137. The number of hydrogen-bond acceptors (Lipinski definition) is 5. The zero-order chi connectivity index (χ0) is 18.8. The summed E-state index contributed by atoms with van der Waals surface area (Å²) in [6.07, 6.45) is 5.93. The predicted molar refractivity (Wildman–Crippen MR) is 99.5 cm³/mol. The third-order valence-corrected chi connectivity index (χ3v) is 4.16. The summed E-state index contributed by atoms with van der Waals surface area (Å²) in [4.78, 5) is 14.5. The second-order valence-electron chi connectivity index (χ2n) is 6.27. The number of nitrogens with one attached hydrogen (secondary N) is 1. The van der Waals surface area contributed by atoms with Crippen LogP contribution in [0.15, 0.2) is 30.0 Å². The van der Waals surface area contributed by atoms with E-state index in [4.69, 9.17) is 9.47 Å². The number of nitrogens with zero attached hydrogens (tertiary/aromatic N) is 2. The Morgan fingerprint density at radius 2 is 1.92 bits per heavy atom. The molecule has 1 aliphatic heterocycles. The first-order valence-corrected chi connectivity index (χ1v) is 9.20. The average molecular weight is 357 g/mol. The van der Waals surface area contributed by atoms with Crippen molar-refractivity contribution >= 4 is 5.91 Å². The van der Waals surface area contributed by atoms with Crippen LogP contribution < -0.4 is 14.8 Å². The van der Waals surface area contributed by atoms with E-state index in [1.165, 1.54) is 0 Å². The molecule has 0 aromatic heterocycles. The Bertz CT molecular complexity index is 671. The molecule has 1 N–H and O–H groups in total. The zero-order valence-electron chi connectivity index (χ0n) is 15.6.